The average Bonchev–Trinajstić information content (AvgIpc) is 3.64. The molecule has 2 N–H and O–H groups in total. The van der Waals surface area contributed by atoms with Gasteiger partial charge in [-0.15, -0.1) is 0 Å². The highest BCUT2D eigenvalue weighted by Crippen LogP contribution is 2.57. The van der Waals surface area contributed by atoms with Crippen LogP contribution < -0.4 is 15.5 Å². The maximum absolute atomic E-state index is 15.0. The molecule has 10 nitrogen and oxygen atoms in total. The Morgan fingerprint density at radius 2 is 0.984 bits per heavy atom. The molecule has 0 radical (unpaired) electrons. The van der Waals surface area contributed by atoms with Crippen LogP contribution in [0, 0.1) is 0 Å². The number of hydrogen-bond acceptors (Lipinski definition) is 7. The molecule has 5 amide bonds. The summed E-state index contributed by atoms with van der Waals surface area (Å²) in [4.78, 5) is 86.7. The van der Waals surface area contributed by atoms with Gasteiger partial charge >= 0.3 is 24.7 Å². The van der Waals surface area contributed by atoms with Crippen molar-refractivity contribution in [2.45, 2.75) is 30.1 Å². The van der Waals surface area contributed by atoms with Gasteiger partial charge in [0.1, 0.15) is 12.6 Å². The zero-order valence-corrected chi connectivity index (χ0v) is 31.2. The van der Waals surface area contributed by atoms with Gasteiger partial charge < -0.3 is 5.32 Å². The number of carbonyl (C=O) groups is 7. The van der Waals surface area contributed by atoms with Crippen molar-refractivity contribution in [3.05, 3.63) is 152 Å². The lowest BCUT2D eigenvalue weighted by molar-refractivity contribution is -0.288. The number of imide groups is 2. The number of anilines is 2. The first-order valence-corrected chi connectivity index (χ1v) is 17.7. The highest BCUT2D eigenvalue weighted by molar-refractivity contribution is 6.34. The number of aldehydes is 2. The summed E-state index contributed by atoms with van der Waals surface area (Å²) in [5.74, 6) is -6.83. The molecule has 0 spiro atoms. The highest BCUT2D eigenvalue weighted by Gasteiger charge is 2.73. The van der Waals surface area contributed by atoms with Crippen molar-refractivity contribution in [1.29, 1.82) is 0 Å². The molecule has 328 valence electrons. The van der Waals surface area contributed by atoms with Crippen LogP contribution in [-0.4, -0.2) is 54.5 Å². The van der Waals surface area contributed by atoms with E-state index in [-0.39, 0.29) is 70.6 Å². The summed E-state index contributed by atoms with van der Waals surface area (Å²) >= 11 is 0. The van der Waals surface area contributed by atoms with Gasteiger partial charge in [0.2, 0.25) is 5.41 Å². The van der Waals surface area contributed by atoms with E-state index in [4.69, 9.17) is 0 Å². The minimum absolute atomic E-state index is 0.0411. The van der Waals surface area contributed by atoms with Crippen LogP contribution in [0.4, 0.5) is 64.1 Å². The summed E-state index contributed by atoms with van der Waals surface area (Å²) in [5, 5.41) is 3.80. The zero-order valence-electron chi connectivity index (χ0n) is 31.2. The number of carbonyl (C=O) groups excluding carboxylic acids is 7. The average molecular weight is 906 g/mol. The first-order valence-electron chi connectivity index (χ1n) is 17.7. The molecule has 2 aliphatic heterocycles. The summed E-state index contributed by atoms with van der Waals surface area (Å²) in [7, 11) is 0. The monoisotopic (exact) mass is 905 g/mol. The van der Waals surface area contributed by atoms with E-state index in [9.17, 15) is 59.9 Å². The lowest BCUT2D eigenvalue weighted by Gasteiger charge is -2.38. The van der Waals surface area contributed by atoms with Gasteiger partial charge in [-0.2, -0.15) is 52.7 Å². The molecule has 22 heteroatoms. The van der Waals surface area contributed by atoms with E-state index >= 15 is 26.3 Å². The van der Waals surface area contributed by atoms with Gasteiger partial charge in [0, 0.05) is 22.4 Å². The van der Waals surface area contributed by atoms with E-state index in [1.54, 1.807) is 5.32 Å². The third-order valence-corrected chi connectivity index (χ3v) is 10.3. The molecule has 0 unspecified atom stereocenters. The Morgan fingerprint density at radius 3 is 1.52 bits per heavy atom. The minimum Gasteiger partial charge on any atom is -0.322 e. The number of fused-ring (bicyclic) bond motifs is 2. The molecule has 5 aromatic carbocycles. The number of amides is 5. The van der Waals surface area contributed by atoms with Crippen molar-refractivity contribution < 1.29 is 86.2 Å². The second-order valence-corrected chi connectivity index (χ2v) is 14.1. The summed E-state index contributed by atoms with van der Waals surface area (Å²) in [6.45, 7) is 0. The molecule has 5 aromatic rings. The van der Waals surface area contributed by atoms with Crippen LogP contribution in [-0.2, 0) is 17.8 Å². The Bertz CT molecular complexity index is 2860. The van der Waals surface area contributed by atoms with Gasteiger partial charge in [-0.25, -0.2) is 4.90 Å². The van der Waals surface area contributed by atoms with Crippen molar-refractivity contribution in [3.63, 3.8) is 0 Å². The molecule has 0 atom stereocenters. The van der Waals surface area contributed by atoms with Crippen molar-refractivity contribution in [2.75, 3.05) is 10.2 Å². The second kappa shape index (κ2) is 15.0. The van der Waals surface area contributed by atoms with Crippen LogP contribution in [0.2, 0.25) is 0 Å². The minimum atomic E-state index is -6.32. The molecule has 0 bridgehead atoms. The highest BCUT2D eigenvalue weighted by atomic mass is 19.4. The van der Waals surface area contributed by atoms with Gasteiger partial charge in [0.05, 0.1) is 39.1 Å². The Kier molecular flexibility index (Phi) is 10.4. The molecule has 2 heterocycles. The maximum Gasteiger partial charge on any atom is 0.417 e. The first-order chi connectivity index (χ1) is 29.7. The molecule has 0 saturated carbocycles. The molecule has 0 fully saturated rings. The predicted octanol–water partition coefficient (Wildman–Crippen LogP) is 9.36. The summed E-state index contributed by atoms with van der Waals surface area (Å²) in [6, 6.07) is 7.37. The SMILES string of the molecule is O=Cc1cc(C=O)cc(C(=O)Nc2ccc(-c3ccc(N4C(=O)c5ccc(C(c6ccc7c(c6)C(=O)NC7=O)(C(F)(F)F)C(F)(F)F)cc5C4=O)cc3C(F)(F)F)c(C(F)(F)F)c2)c1. The quantitative estimate of drug-likeness (QED) is 0.0897. The first kappa shape index (κ1) is 44.4. The molecule has 0 aliphatic carbocycles. The van der Waals surface area contributed by atoms with Crippen molar-refractivity contribution in [1.82, 2.24) is 5.32 Å². The van der Waals surface area contributed by atoms with Gasteiger partial charge in [-0.3, -0.25) is 38.9 Å². The van der Waals surface area contributed by atoms with Crippen molar-refractivity contribution in [3.8, 4) is 11.1 Å². The second-order valence-electron chi connectivity index (χ2n) is 14.1. The molecule has 0 aromatic heterocycles. The fourth-order valence-electron chi connectivity index (χ4n) is 7.47. The van der Waals surface area contributed by atoms with E-state index in [0.29, 0.717) is 30.3 Å². The van der Waals surface area contributed by atoms with E-state index in [0.717, 1.165) is 24.3 Å². The number of hydrogen-bond donors (Lipinski definition) is 2. The number of nitrogens with zero attached hydrogens (tertiary/aromatic N) is 1. The number of nitrogens with one attached hydrogen (secondary N) is 2. The number of rotatable bonds is 8. The molecule has 64 heavy (non-hydrogen) atoms. The number of halogens is 12. The Labute approximate surface area is 348 Å². The topological polar surface area (TPSA) is 147 Å². The van der Waals surface area contributed by atoms with Crippen LogP contribution in [0.3, 0.4) is 0 Å². The van der Waals surface area contributed by atoms with Crippen LogP contribution in [0.5, 0.6) is 0 Å². The number of benzene rings is 5. The van der Waals surface area contributed by atoms with E-state index in [1.807, 2.05) is 0 Å². The van der Waals surface area contributed by atoms with E-state index in [1.165, 1.54) is 0 Å². The van der Waals surface area contributed by atoms with Crippen molar-refractivity contribution >= 4 is 53.5 Å². The molecular formula is C42H19F12N3O7. The zero-order chi connectivity index (χ0) is 47.1. The van der Waals surface area contributed by atoms with Crippen LogP contribution in [0.25, 0.3) is 11.1 Å². The lowest BCUT2D eigenvalue weighted by Crippen LogP contribution is -2.55. The number of alkyl halides is 12. The molecule has 7 rings (SSSR count). The van der Waals surface area contributed by atoms with Crippen molar-refractivity contribution in [2.24, 2.45) is 0 Å². The summed E-state index contributed by atoms with van der Waals surface area (Å²) in [5.41, 5.74) is -20.1. The Balaban J connectivity index is 1.29. The Hall–Kier alpha value is -7.65. The van der Waals surface area contributed by atoms with Gasteiger partial charge in [0.15, 0.2) is 0 Å². The normalized spacial score (nSPS) is 14.3. The standard InChI is InChI=1S/C42H19F12N3O7/c43-39(44,45)31-14-23(55-33(60)20-10-18(16-58)9-19(11-20)17-59)3-7-25(31)26-8-4-24(15-32(26)40(46,47)48)57-36(63)28-6-2-22(13-30(28)37(57)64)38(41(49,50)51,42(52,53)54)21-1-5-27-29(12-21)35(62)56-34(27)61/h1-17H,(H,55,60)(H,56,61,62). The third-order valence-electron chi connectivity index (χ3n) is 10.3. The van der Waals surface area contributed by atoms with Gasteiger partial charge in [-0.05, 0) is 89.0 Å². The molecule has 0 saturated heterocycles. The van der Waals surface area contributed by atoms with Crippen LogP contribution >= 0.6 is 0 Å². The van der Waals surface area contributed by atoms with E-state index < -0.39 is 127 Å². The maximum atomic E-state index is 15.0. The Morgan fingerprint density at radius 1 is 0.516 bits per heavy atom. The van der Waals surface area contributed by atoms with E-state index in [2.05, 4.69) is 5.32 Å². The lowest BCUT2D eigenvalue weighted by atomic mass is 9.71. The molecular weight excluding hydrogens is 886 g/mol. The predicted molar refractivity (Wildman–Crippen MR) is 196 cm³/mol. The molecule has 2 aliphatic rings. The fraction of sp³-hybridized carbons (Fsp3) is 0.119. The van der Waals surface area contributed by atoms with Crippen LogP contribution in [0.15, 0.2) is 91.0 Å². The summed E-state index contributed by atoms with van der Waals surface area (Å²) in [6.07, 6.45) is -23.1. The van der Waals surface area contributed by atoms with Gasteiger partial charge in [0.25, 0.3) is 29.5 Å². The largest absolute Gasteiger partial charge is 0.417 e. The fourth-order valence-corrected chi connectivity index (χ4v) is 7.47. The van der Waals surface area contributed by atoms with Crippen LogP contribution in [0.1, 0.15) is 94.8 Å². The van der Waals surface area contributed by atoms with Gasteiger partial charge in [-0.1, -0.05) is 24.3 Å². The summed E-state index contributed by atoms with van der Waals surface area (Å²) < 4.78 is 178. The smallest absolute Gasteiger partial charge is 0.322 e. The third kappa shape index (κ3) is 7.22.